The van der Waals surface area contributed by atoms with Crippen LogP contribution in [0.15, 0.2) is 91.0 Å². The Labute approximate surface area is 404 Å². The summed E-state index contributed by atoms with van der Waals surface area (Å²) in [6, 6.07) is 19.9. The Bertz CT molecular complexity index is 2260. The Morgan fingerprint density at radius 3 is 1.71 bits per heavy atom. The molecule has 0 aliphatic carbocycles. The molecule has 0 spiro atoms. The van der Waals surface area contributed by atoms with E-state index in [0.29, 0.717) is 11.1 Å². The minimum Gasteiger partial charge on any atom is -0.354 e. The minimum absolute atomic E-state index is 0.0207. The van der Waals surface area contributed by atoms with Crippen molar-refractivity contribution in [3.8, 4) is 0 Å². The molecule has 4 rings (SSSR count). The lowest BCUT2D eigenvalue weighted by Gasteiger charge is -2.33. The van der Waals surface area contributed by atoms with E-state index in [0.717, 1.165) is 5.56 Å². The predicted molar refractivity (Wildman–Crippen MR) is 259 cm³/mol. The first-order valence-corrected chi connectivity index (χ1v) is 23.4. The topological polar surface area (TPSA) is 253 Å². The van der Waals surface area contributed by atoms with Gasteiger partial charge in [-0.05, 0) is 55.7 Å². The van der Waals surface area contributed by atoms with Gasteiger partial charge >= 0.3 is 0 Å². The number of rotatable bonds is 9. The molecule has 0 radical (unpaired) electrons. The SMILES string of the molecule is CC(C)C[C@@H]1NC(=O)CNC(=O)[C@H](Cc2ccccc2)N(C)C(=O)[C@H](C)NC(=O)[C@](C)(Cc2ccccc2)NC(=O)CCNC(=O)[C@H](Cc2ccccc2)NC(=O)[C@H](C(C)C)NC(=O)[C@H](C)NC1=O. The van der Waals surface area contributed by atoms with Crippen molar-refractivity contribution in [3.63, 3.8) is 0 Å². The van der Waals surface area contributed by atoms with Crippen molar-refractivity contribution in [1.29, 1.82) is 0 Å². The van der Waals surface area contributed by atoms with E-state index < -0.39 is 107 Å². The number of hydrogen-bond acceptors (Lipinski definition) is 9. The van der Waals surface area contributed by atoms with Crippen LogP contribution >= 0.6 is 0 Å². The molecule has 0 aromatic heterocycles. The van der Waals surface area contributed by atoms with Crippen LogP contribution in [0.3, 0.4) is 0 Å². The lowest BCUT2D eigenvalue weighted by Crippen LogP contribution is -2.62. The fourth-order valence-corrected chi connectivity index (χ4v) is 7.84. The van der Waals surface area contributed by atoms with Gasteiger partial charge in [0.25, 0.3) is 0 Å². The van der Waals surface area contributed by atoms with Gasteiger partial charge in [0.05, 0.1) is 6.54 Å². The zero-order chi connectivity index (χ0) is 50.8. The van der Waals surface area contributed by atoms with Gasteiger partial charge in [-0.3, -0.25) is 43.2 Å². The first-order valence-electron chi connectivity index (χ1n) is 23.4. The van der Waals surface area contributed by atoms with Crippen molar-refractivity contribution >= 4 is 53.2 Å². The molecule has 372 valence electrons. The van der Waals surface area contributed by atoms with E-state index in [2.05, 4.69) is 42.5 Å². The van der Waals surface area contributed by atoms with Crippen molar-refractivity contribution in [2.24, 2.45) is 11.8 Å². The molecular formula is C51H69N9O9. The van der Waals surface area contributed by atoms with Crippen LogP contribution in [0.1, 0.15) is 78.0 Å². The fraction of sp³-hybridized carbons (Fsp3) is 0.471. The molecule has 9 amide bonds. The van der Waals surface area contributed by atoms with Crippen LogP contribution in [0, 0.1) is 11.8 Å². The third-order valence-electron chi connectivity index (χ3n) is 11.8. The molecule has 1 aliphatic heterocycles. The number of amides is 9. The Morgan fingerprint density at radius 1 is 0.580 bits per heavy atom. The molecule has 69 heavy (non-hydrogen) atoms. The third-order valence-corrected chi connectivity index (χ3v) is 11.8. The summed E-state index contributed by atoms with van der Waals surface area (Å²) in [5.74, 6) is -6.55. The Balaban J connectivity index is 1.70. The highest BCUT2D eigenvalue weighted by Gasteiger charge is 2.39. The van der Waals surface area contributed by atoms with E-state index in [4.69, 9.17) is 0 Å². The predicted octanol–water partition coefficient (Wildman–Crippen LogP) is 1.22. The normalized spacial score (nSPS) is 24.9. The molecule has 3 aromatic carbocycles. The van der Waals surface area contributed by atoms with Crippen LogP contribution in [0.4, 0.5) is 0 Å². The van der Waals surface area contributed by atoms with Crippen molar-refractivity contribution in [2.75, 3.05) is 20.1 Å². The molecule has 0 unspecified atom stereocenters. The maximum absolute atomic E-state index is 14.3. The summed E-state index contributed by atoms with van der Waals surface area (Å²) >= 11 is 0. The second-order valence-electron chi connectivity index (χ2n) is 18.6. The van der Waals surface area contributed by atoms with Gasteiger partial charge in [0.15, 0.2) is 0 Å². The number of benzene rings is 3. The van der Waals surface area contributed by atoms with E-state index >= 15 is 0 Å². The Morgan fingerprint density at radius 2 is 1.14 bits per heavy atom. The second kappa shape index (κ2) is 25.9. The van der Waals surface area contributed by atoms with Gasteiger partial charge in [0.2, 0.25) is 53.2 Å². The lowest BCUT2D eigenvalue weighted by atomic mass is 9.91. The monoisotopic (exact) mass is 952 g/mol. The smallest absolute Gasteiger partial charge is 0.246 e. The third kappa shape index (κ3) is 16.9. The molecule has 1 fully saturated rings. The number of likely N-dealkylation sites (N-methyl/N-ethyl adjacent to an activating group) is 1. The molecule has 3 aromatic rings. The highest BCUT2D eigenvalue weighted by atomic mass is 16.2. The Hall–Kier alpha value is -7.11. The van der Waals surface area contributed by atoms with E-state index in [1.807, 2.05) is 13.8 Å². The molecular weight excluding hydrogens is 883 g/mol. The van der Waals surface area contributed by atoms with Crippen molar-refractivity contribution < 1.29 is 43.2 Å². The maximum atomic E-state index is 14.3. The van der Waals surface area contributed by atoms with Crippen LogP contribution in [-0.4, -0.2) is 120 Å². The van der Waals surface area contributed by atoms with E-state index in [9.17, 15) is 43.2 Å². The molecule has 1 aliphatic rings. The number of nitrogens with one attached hydrogen (secondary N) is 8. The Kier molecular flexibility index (Phi) is 20.4. The van der Waals surface area contributed by atoms with Gasteiger partial charge < -0.3 is 47.4 Å². The summed E-state index contributed by atoms with van der Waals surface area (Å²) < 4.78 is 0. The van der Waals surface area contributed by atoms with Crippen molar-refractivity contribution in [1.82, 2.24) is 47.4 Å². The van der Waals surface area contributed by atoms with Crippen molar-refractivity contribution in [2.45, 2.75) is 122 Å². The van der Waals surface area contributed by atoms with Crippen LogP contribution in [0.25, 0.3) is 0 Å². The quantitative estimate of drug-likeness (QED) is 0.153. The maximum Gasteiger partial charge on any atom is 0.246 e. The van der Waals surface area contributed by atoms with Crippen molar-refractivity contribution in [3.05, 3.63) is 108 Å². The van der Waals surface area contributed by atoms with Crippen LogP contribution in [-0.2, 0) is 62.4 Å². The van der Waals surface area contributed by atoms with Gasteiger partial charge in [0.1, 0.15) is 41.8 Å². The van der Waals surface area contributed by atoms with Gasteiger partial charge in [-0.25, -0.2) is 0 Å². The molecule has 1 saturated heterocycles. The summed E-state index contributed by atoms with van der Waals surface area (Å²) in [6.07, 6.45) is 0.0322. The number of hydrogen-bond donors (Lipinski definition) is 8. The molecule has 1 heterocycles. The standard InChI is InChI=1S/C51H69N9O9/c1-31(2)26-38-46(65)54-33(5)44(63)58-43(32(3)4)48(67)57-39(27-35-18-12-9-13-19-35)45(64)52-25-24-41(61)59-51(7,29-37-22-16-11-17-23-37)50(69)55-34(6)49(68)60(8)40(28-36-20-14-10-15-21-36)47(66)53-30-42(62)56-38/h9-23,31-34,38-40,43H,24-30H2,1-8H3,(H,52,64)(H,53,66)(H,54,65)(H,55,69)(H,56,62)(H,57,67)(H,58,63)(H,59,61)/t33-,34-,38-,39-,40-,43-,51-/m0/s1. The van der Waals surface area contributed by atoms with Crippen LogP contribution in [0.2, 0.25) is 0 Å². The molecule has 8 N–H and O–H groups in total. The average Bonchev–Trinajstić information content (AvgIpc) is 3.30. The van der Waals surface area contributed by atoms with E-state index in [1.165, 1.54) is 32.7 Å². The fourth-order valence-electron chi connectivity index (χ4n) is 7.84. The molecule has 0 saturated carbocycles. The molecule has 7 atom stereocenters. The van der Waals surface area contributed by atoms with E-state index in [-0.39, 0.29) is 44.6 Å². The number of carbonyl (C=O) groups is 9. The summed E-state index contributed by atoms with van der Waals surface area (Å²) in [7, 11) is 1.41. The van der Waals surface area contributed by atoms with Gasteiger partial charge in [-0.1, -0.05) is 119 Å². The molecule has 0 bridgehead atoms. The van der Waals surface area contributed by atoms with Crippen LogP contribution < -0.4 is 42.5 Å². The lowest BCUT2D eigenvalue weighted by molar-refractivity contribution is -0.142. The summed E-state index contributed by atoms with van der Waals surface area (Å²) in [6.45, 7) is 10.8. The average molecular weight is 952 g/mol. The zero-order valence-electron chi connectivity index (χ0n) is 40.9. The molecule has 18 nitrogen and oxygen atoms in total. The largest absolute Gasteiger partial charge is 0.354 e. The second-order valence-corrected chi connectivity index (χ2v) is 18.6. The molecule has 18 heteroatoms. The van der Waals surface area contributed by atoms with Gasteiger partial charge in [-0.15, -0.1) is 0 Å². The number of nitrogens with zero attached hydrogens (tertiary/aromatic N) is 1. The first-order chi connectivity index (χ1) is 32.7. The van der Waals surface area contributed by atoms with Gasteiger partial charge in [-0.2, -0.15) is 0 Å². The zero-order valence-corrected chi connectivity index (χ0v) is 40.9. The van der Waals surface area contributed by atoms with Gasteiger partial charge in [0, 0.05) is 39.3 Å². The highest BCUT2D eigenvalue weighted by Crippen LogP contribution is 2.17. The van der Waals surface area contributed by atoms with Crippen LogP contribution in [0.5, 0.6) is 0 Å². The summed E-state index contributed by atoms with van der Waals surface area (Å²) in [4.78, 5) is 126. The first kappa shape index (κ1) is 54.5. The number of carbonyl (C=O) groups excluding carboxylic acids is 9. The summed E-state index contributed by atoms with van der Waals surface area (Å²) in [5, 5.41) is 21.6. The highest BCUT2D eigenvalue weighted by molar-refractivity contribution is 5.98. The van der Waals surface area contributed by atoms with E-state index in [1.54, 1.807) is 105 Å². The minimum atomic E-state index is -1.62. The summed E-state index contributed by atoms with van der Waals surface area (Å²) in [5.41, 5.74) is 0.517.